The van der Waals surface area contributed by atoms with Crippen LogP contribution in [0, 0.1) is 11.6 Å². The predicted octanol–water partition coefficient (Wildman–Crippen LogP) is 3.10. The fourth-order valence-corrected chi connectivity index (χ4v) is 3.97. The number of benzene rings is 1. The molecule has 2 amide bonds. The first-order chi connectivity index (χ1) is 16.0. The molecule has 0 atom stereocenters. The molecule has 1 aromatic carbocycles. The number of hydrogen-bond donors (Lipinski definition) is 1. The highest BCUT2D eigenvalue weighted by atomic mass is 19.1. The molecule has 1 aliphatic rings. The van der Waals surface area contributed by atoms with Crippen LogP contribution in [0.1, 0.15) is 5.56 Å². The van der Waals surface area contributed by atoms with E-state index < -0.39 is 23.4 Å². The maximum Gasteiger partial charge on any atom is 0.329 e. The van der Waals surface area contributed by atoms with Crippen LogP contribution >= 0.6 is 0 Å². The Morgan fingerprint density at radius 3 is 2.52 bits per heavy atom. The van der Waals surface area contributed by atoms with Gasteiger partial charge in [0.25, 0.3) is 0 Å². The van der Waals surface area contributed by atoms with Gasteiger partial charge in [-0.15, -0.1) is 0 Å². The van der Waals surface area contributed by atoms with Crippen LogP contribution in [-0.4, -0.2) is 51.8 Å². The molecule has 0 bridgehead atoms. The lowest BCUT2D eigenvalue weighted by atomic mass is 10.1. The van der Waals surface area contributed by atoms with E-state index in [4.69, 9.17) is 9.47 Å². The van der Waals surface area contributed by atoms with Gasteiger partial charge in [-0.05, 0) is 6.07 Å². The van der Waals surface area contributed by atoms with Gasteiger partial charge >= 0.3 is 6.03 Å². The van der Waals surface area contributed by atoms with E-state index in [1.54, 1.807) is 35.5 Å². The number of aromatic amines is 1. The monoisotopic (exact) mass is 455 g/mol. The molecule has 1 N–H and O–H groups in total. The molecule has 0 radical (unpaired) electrons. The maximum absolute atomic E-state index is 15.2. The number of nitrogens with zero attached hydrogens (tertiary/aromatic N) is 6. The summed E-state index contributed by atoms with van der Waals surface area (Å²) in [6.45, 7) is 0.448. The largest absolute Gasteiger partial charge is 0.493 e. The zero-order valence-corrected chi connectivity index (χ0v) is 17.7. The van der Waals surface area contributed by atoms with Crippen LogP contribution in [0.3, 0.4) is 0 Å². The summed E-state index contributed by atoms with van der Waals surface area (Å²) in [5.41, 5.74) is 1.13. The molecule has 0 aliphatic carbocycles. The van der Waals surface area contributed by atoms with Gasteiger partial charge in [0.1, 0.15) is 5.69 Å². The molecule has 3 aromatic heterocycles. The molecule has 0 saturated carbocycles. The lowest BCUT2D eigenvalue weighted by Gasteiger charge is -2.37. The van der Waals surface area contributed by atoms with Gasteiger partial charge in [0.15, 0.2) is 28.8 Å². The highest BCUT2D eigenvalue weighted by Gasteiger charge is 2.37. The first kappa shape index (κ1) is 20.7. The molecule has 33 heavy (non-hydrogen) atoms. The molecule has 0 fully saturated rings. The standard InChI is InChI=1S/C21H19F2N7O3/c1-32-14-8-15(33-2)17(23)19(16(14)22)30-11-12-9-24-20-13(10-25-27-20)18(12)29(21(30)31)7-6-28-5-3-4-26-28/h3-5,8-10H,6-7,11H2,1-2H3,(H,24,25,27). The molecule has 170 valence electrons. The number of urea groups is 1. The molecule has 10 nitrogen and oxygen atoms in total. The smallest absolute Gasteiger partial charge is 0.329 e. The topological polar surface area (TPSA) is 101 Å². The van der Waals surface area contributed by atoms with Crippen LogP contribution < -0.4 is 19.3 Å². The molecule has 4 heterocycles. The van der Waals surface area contributed by atoms with Gasteiger partial charge in [-0.1, -0.05) is 0 Å². The minimum absolute atomic E-state index is 0.106. The summed E-state index contributed by atoms with van der Waals surface area (Å²) in [5, 5.41) is 11.6. The van der Waals surface area contributed by atoms with E-state index in [1.165, 1.54) is 19.1 Å². The average Bonchev–Trinajstić information content (AvgIpc) is 3.51. The fraction of sp³-hybridized carbons (Fsp3) is 0.238. The SMILES string of the molecule is COc1cc(OC)c(F)c(N2Cc3cnc4[nH]ncc4c3N(CCn3cccn3)C2=O)c1F. The van der Waals surface area contributed by atoms with Crippen LogP contribution in [0.25, 0.3) is 11.0 Å². The minimum atomic E-state index is -1.00. The molecular weight excluding hydrogens is 436 g/mol. The first-order valence-electron chi connectivity index (χ1n) is 10.0. The van der Waals surface area contributed by atoms with Gasteiger partial charge in [-0.2, -0.15) is 10.2 Å². The Balaban J connectivity index is 1.65. The van der Waals surface area contributed by atoms with Gasteiger partial charge in [0.2, 0.25) is 0 Å². The second-order valence-corrected chi connectivity index (χ2v) is 7.31. The normalized spacial score (nSPS) is 13.5. The second kappa shape index (κ2) is 8.04. The number of carbonyl (C=O) groups excluding carboxylic acids is 1. The number of nitrogens with one attached hydrogen (secondary N) is 1. The van der Waals surface area contributed by atoms with Crippen molar-refractivity contribution in [1.29, 1.82) is 0 Å². The van der Waals surface area contributed by atoms with Crippen LogP contribution in [0.2, 0.25) is 0 Å². The summed E-state index contributed by atoms with van der Waals surface area (Å²) in [6, 6.07) is 2.25. The number of amides is 2. The Hall–Kier alpha value is -4.22. The van der Waals surface area contributed by atoms with Crippen molar-refractivity contribution in [2.45, 2.75) is 13.1 Å². The van der Waals surface area contributed by atoms with E-state index in [0.717, 1.165) is 11.0 Å². The van der Waals surface area contributed by atoms with Gasteiger partial charge < -0.3 is 9.47 Å². The molecular formula is C21H19F2N7O3. The molecule has 4 aromatic rings. The van der Waals surface area contributed by atoms with Crippen molar-refractivity contribution in [3.63, 3.8) is 0 Å². The number of halogens is 2. The summed E-state index contributed by atoms with van der Waals surface area (Å²) < 4.78 is 42.2. The molecule has 12 heteroatoms. The lowest BCUT2D eigenvalue weighted by Crippen LogP contribution is -2.49. The molecule has 0 saturated heterocycles. The highest BCUT2D eigenvalue weighted by molar-refractivity contribution is 6.11. The summed E-state index contributed by atoms with van der Waals surface area (Å²) >= 11 is 0. The number of rotatable bonds is 6. The third-order valence-electron chi connectivity index (χ3n) is 5.52. The van der Waals surface area contributed by atoms with E-state index in [0.29, 0.717) is 28.8 Å². The van der Waals surface area contributed by atoms with Crippen molar-refractivity contribution in [3.8, 4) is 11.5 Å². The Bertz CT molecular complexity index is 1310. The predicted molar refractivity (Wildman–Crippen MR) is 115 cm³/mol. The van der Waals surface area contributed by atoms with Crippen molar-refractivity contribution < 1.29 is 23.0 Å². The number of carbonyl (C=O) groups is 1. The van der Waals surface area contributed by atoms with Gasteiger partial charge in [0.05, 0.1) is 44.6 Å². The Morgan fingerprint density at radius 1 is 1.09 bits per heavy atom. The Kier molecular flexibility index (Phi) is 5.04. The lowest BCUT2D eigenvalue weighted by molar-refractivity contribution is 0.249. The van der Waals surface area contributed by atoms with Crippen molar-refractivity contribution in [2.24, 2.45) is 0 Å². The van der Waals surface area contributed by atoms with Gasteiger partial charge in [0, 0.05) is 36.8 Å². The van der Waals surface area contributed by atoms with Crippen molar-refractivity contribution >= 4 is 28.4 Å². The number of fused-ring (bicyclic) bond motifs is 3. The first-order valence-corrected chi connectivity index (χ1v) is 10.0. The fourth-order valence-electron chi connectivity index (χ4n) is 3.97. The third-order valence-corrected chi connectivity index (χ3v) is 5.52. The van der Waals surface area contributed by atoms with E-state index in [1.807, 2.05) is 0 Å². The van der Waals surface area contributed by atoms with E-state index in [-0.39, 0.29) is 24.6 Å². The number of hydrogen-bond acceptors (Lipinski definition) is 6. The maximum atomic E-state index is 15.2. The number of ether oxygens (including phenoxy) is 2. The summed E-state index contributed by atoms with van der Waals surface area (Å²) in [4.78, 5) is 20.5. The summed E-state index contributed by atoms with van der Waals surface area (Å²) in [5.74, 6) is -2.49. The van der Waals surface area contributed by atoms with E-state index in [2.05, 4.69) is 20.3 Å². The zero-order valence-electron chi connectivity index (χ0n) is 17.7. The highest BCUT2D eigenvalue weighted by Crippen LogP contribution is 2.42. The number of pyridine rings is 1. The van der Waals surface area contributed by atoms with E-state index in [9.17, 15) is 4.79 Å². The second-order valence-electron chi connectivity index (χ2n) is 7.31. The molecule has 5 rings (SSSR count). The van der Waals surface area contributed by atoms with E-state index >= 15 is 8.78 Å². The summed E-state index contributed by atoms with van der Waals surface area (Å²) in [6.07, 6.45) is 6.52. The van der Waals surface area contributed by atoms with Crippen molar-refractivity contribution in [2.75, 3.05) is 30.6 Å². The number of H-pyrrole nitrogens is 1. The molecule has 1 aliphatic heterocycles. The van der Waals surface area contributed by atoms with Crippen molar-refractivity contribution in [1.82, 2.24) is 25.0 Å². The van der Waals surface area contributed by atoms with Crippen LogP contribution in [-0.2, 0) is 13.1 Å². The minimum Gasteiger partial charge on any atom is -0.493 e. The number of methoxy groups -OCH3 is 2. The van der Waals surface area contributed by atoms with Crippen molar-refractivity contribution in [3.05, 3.63) is 54.1 Å². The number of aromatic nitrogens is 5. The van der Waals surface area contributed by atoms with Crippen LogP contribution in [0.15, 0.2) is 36.9 Å². The summed E-state index contributed by atoms with van der Waals surface area (Å²) in [7, 11) is 2.51. The van der Waals surface area contributed by atoms with Gasteiger partial charge in [-0.3, -0.25) is 19.6 Å². The molecule has 0 spiro atoms. The van der Waals surface area contributed by atoms with Crippen LogP contribution in [0.4, 0.5) is 25.0 Å². The number of anilines is 2. The third kappa shape index (κ3) is 3.30. The molecule has 0 unspecified atom stereocenters. The Morgan fingerprint density at radius 2 is 1.85 bits per heavy atom. The van der Waals surface area contributed by atoms with Gasteiger partial charge in [-0.25, -0.2) is 18.6 Å². The average molecular weight is 455 g/mol. The zero-order chi connectivity index (χ0) is 23.1. The Labute approximate surface area is 186 Å². The van der Waals surface area contributed by atoms with Crippen LogP contribution in [0.5, 0.6) is 11.5 Å². The quantitative estimate of drug-likeness (QED) is 0.480.